The summed E-state index contributed by atoms with van der Waals surface area (Å²) in [5.74, 6) is 0.822. The van der Waals surface area contributed by atoms with Crippen molar-refractivity contribution in [3.63, 3.8) is 0 Å². The van der Waals surface area contributed by atoms with Crippen LogP contribution in [0.2, 0.25) is 0 Å². The Hall–Kier alpha value is -2.08. The second-order valence-corrected chi connectivity index (χ2v) is 13.4. The van der Waals surface area contributed by atoms with Gasteiger partial charge in [0.05, 0.1) is 5.75 Å². The van der Waals surface area contributed by atoms with Crippen LogP contribution in [0.15, 0.2) is 106 Å². The van der Waals surface area contributed by atoms with Crippen molar-refractivity contribution < 1.29 is 12.0 Å². The number of hydrogen-bond acceptors (Lipinski definition) is 3. The highest BCUT2D eigenvalue weighted by Gasteiger charge is 2.49. The molecule has 2 aliphatic rings. The molecule has 2 saturated carbocycles. The second-order valence-electron chi connectivity index (χ2n) is 8.91. The number of fused-ring (bicyclic) bond motifs is 2. The van der Waals surface area contributed by atoms with E-state index in [-0.39, 0.29) is 11.2 Å². The Morgan fingerprint density at radius 3 is 1.48 bits per heavy atom. The predicted molar refractivity (Wildman–Crippen MR) is 126 cm³/mol. The predicted octanol–water partition coefficient (Wildman–Crippen LogP) is 6.81. The molecule has 162 valence electrons. The molecule has 31 heavy (non-hydrogen) atoms. The lowest BCUT2D eigenvalue weighted by Gasteiger charge is -2.40. The fourth-order valence-corrected chi connectivity index (χ4v) is 11.4. The summed E-state index contributed by atoms with van der Waals surface area (Å²) in [6.45, 7) is 0. The van der Waals surface area contributed by atoms with Gasteiger partial charge in [-0.15, -0.1) is 0 Å². The molecule has 0 N–H and O–H groups in total. The summed E-state index contributed by atoms with van der Waals surface area (Å²) in [6, 6.07) is 29.5. The van der Waals surface area contributed by atoms with Crippen LogP contribution in [-0.4, -0.2) is 14.2 Å². The normalized spacial score (nSPS) is 23.7. The van der Waals surface area contributed by atoms with E-state index in [0.29, 0.717) is 5.92 Å². The van der Waals surface area contributed by atoms with E-state index in [9.17, 15) is 8.42 Å². The van der Waals surface area contributed by atoms with Gasteiger partial charge in [0.15, 0.2) is 0 Å². The van der Waals surface area contributed by atoms with E-state index in [1.807, 2.05) is 91.0 Å². The van der Waals surface area contributed by atoms with Crippen LogP contribution in [0.25, 0.3) is 0 Å². The van der Waals surface area contributed by atoms with Crippen molar-refractivity contribution in [1.29, 1.82) is 0 Å². The van der Waals surface area contributed by atoms with Gasteiger partial charge in [-0.05, 0) is 90.1 Å². The van der Waals surface area contributed by atoms with Gasteiger partial charge in [-0.2, -0.15) is 8.42 Å². The molecule has 0 radical (unpaired) electrons. The zero-order valence-corrected chi connectivity index (χ0v) is 19.2. The van der Waals surface area contributed by atoms with E-state index in [1.165, 1.54) is 0 Å². The molecule has 0 saturated heterocycles. The molecule has 0 heterocycles. The molecule has 2 aliphatic carbocycles. The van der Waals surface area contributed by atoms with Crippen LogP contribution in [0, 0.1) is 11.3 Å². The Kier molecular flexibility index (Phi) is 5.45. The Bertz CT molecular complexity index is 1020. The van der Waals surface area contributed by atoms with E-state index in [0.717, 1.165) is 46.8 Å². The lowest BCUT2D eigenvalue weighted by molar-refractivity contribution is 0.326. The minimum Gasteiger partial charge on any atom is -0.207 e. The third-order valence-corrected chi connectivity index (χ3v) is 12.2. The van der Waals surface area contributed by atoms with Crippen LogP contribution < -0.4 is 0 Å². The molecule has 3 aromatic carbocycles. The van der Waals surface area contributed by atoms with Crippen LogP contribution in [-0.2, 0) is 13.7 Å². The molecule has 3 nitrogen and oxygen atoms in total. The van der Waals surface area contributed by atoms with Crippen molar-refractivity contribution in [2.75, 3.05) is 5.75 Å². The van der Waals surface area contributed by atoms with Gasteiger partial charge in [-0.25, -0.2) is 3.63 Å². The van der Waals surface area contributed by atoms with E-state index >= 15 is 0 Å². The Morgan fingerprint density at radius 1 is 0.710 bits per heavy atom. The lowest BCUT2D eigenvalue weighted by atomic mass is 9.87. The summed E-state index contributed by atoms with van der Waals surface area (Å²) in [5.41, 5.74) is -0.0985. The minimum absolute atomic E-state index is 0.0985. The van der Waals surface area contributed by atoms with Gasteiger partial charge in [0.1, 0.15) is 0 Å². The quantitative estimate of drug-likeness (QED) is 0.395. The molecule has 5 rings (SSSR count). The zero-order chi connectivity index (χ0) is 21.4. The summed E-state index contributed by atoms with van der Waals surface area (Å²) >= 11 is 0. The first-order valence-corrected chi connectivity index (χ1v) is 14.1. The molecule has 0 unspecified atom stereocenters. The third kappa shape index (κ3) is 3.95. The second kappa shape index (κ2) is 8.12. The van der Waals surface area contributed by atoms with Crippen molar-refractivity contribution in [1.82, 2.24) is 0 Å². The summed E-state index contributed by atoms with van der Waals surface area (Å²) in [4.78, 5) is 2.68. The molecule has 0 aromatic heterocycles. The van der Waals surface area contributed by atoms with Gasteiger partial charge < -0.3 is 0 Å². The SMILES string of the molecule is O=S(=O)(CC12CCC(CC1)C2)OS(c1ccccc1)(c1ccccc1)c1ccccc1. The third-order valence-electron chi connectivity index (χ3n) is 6.80. The molecular formula is C26H28O3S2. The number of rotatable bonds is 7. The molecule has 3 aromatic rings. The van der Waals surface area contributed by atoms with E-state index in [2.05, 4.69) is 0 Å². The van der Waals surface area contributed by atoms with E-state index in [4.69, 9.17) is 3.63 Å². The van der Waals surface area contributed by atoms with Crippen LogP contribution in [0.1, 0.15) is 32.1 Å². The van der Waals surface area contributed by atoms with Crippen molar-refractivity contribution >= 4 is 20.4 Å². The molecule has 0 spiro atoms. The van der Waals surface area contributed by atoms with Gasteiger partial charge in [-0.3, -0.25) is 0 Å². The highest BCUT2D eigenvalue weighted by Crippen LogP contribution is 2.70. The number of hydrogen-bond donors (Lipinski definition) is 0. The Balaban J connectivity index is 1.65. The maximum Gasteiger partial charge on any atom is 0.277 e. The van der Waals surface area contributed by atoms with Crippen LogP contribution in [0.4, 0.5) is 0 Å². The average molecular weight is 453 g/mol. The Labute approximate surface area is 187 Å². The van der Waals surface area contributed by atoms with Crippen molar-refractivity contribution in [2.24, 2.45) is 11.3 Å². The van der Waals surface area contributed by atoms with Gasteiger partial charge >= 0.3 is 0 Å². The van der Waals surface area contributed by atoms with Crippen molar-refractivity contribution in [2.45, 2.75) is 46.8 Å². The molecule has 2 bridgehead atoms. The van der Waals surface area contributed by atoms with Crippen LogP contribution in [0.3, 0.4) is 0 Å². The van der Waals surface area contributed by atoms with Gasteiger partial charge in [0, 0.05) is 14.7 Å². The monoisotopic (exact) mass is 452 g/mol. The first-order valence-electron chi connectivity index (χ1n) is 10.9. The summed E-state index contributed by atoms with van der Waals surface area (Å²) in [6.07, 6.45) is 5.35. The highest BCUT2D eigenvalue weighted by molar-refractivity contribution is 8.33. The molecule has 0 atom stereocenters. The van der Waals surface area contributed by atoms with Gasteiger partial charge in [0.25, 0.3) is 10.1 Å². The summed E-state index contributed by atoms with van der Waals surface area (Å²) < 4.78 is 33.9. The zero-order valence-electron chi connectivity index (χ0n) is 17.5. The summed E-state index contributed by atoms with van der Waals surface area (Å²) in [5, 5.41) is 0. The average Bonchev–Trinajstić information content (AvgIpc) is 3.39. The van der Waals surface area contributed by atoms with Crippen LogP contribution >= 0.6 is 10.3 Å². The van der Waals surface area contributed by atoms with E-state index < -0.39 is 20.4 Å². The molecule has 0 amide bonds. The minimum atomic E-state index is -3.77. The maximum atomic E-state index is 13.7. The van der Waals surface area contributed by atoms with E-state index in [1.54, 1.807) is 0 Å². The molecule has 0 aliphatic heterocycles. The lowest BCUT2D eigenvalue weighted by Crippen LogP contribution is -2.28. The fraction of sp³-hybridized carbons (Fsp3) is 0.308. The molecule has 5 heteroatoms. The Morgan fingerprint density at radius 2 is 1.13 bits per heavy atom. The van der Waals surface area contributed by atoms with Gasteiger partial charge in [0.2, 0.25) is 0 Å². The van der Waals surface area contributed by atoms with Crippen LogP contribution in [0.5, 0.6) is 0 Å². The standard InChI is InChI=1S/C26H28O3S2/c27-30(28,21-26-18-16-22(20-26)17-19-26)29-31(23-10-4-1-5-11-23,24-12-6-2-7-13-24)25-14-8-3-9-15-25/h1-15,22H,16-21H2. The fourth-order valence-electron chi connectivity index (χ4n) is 5.43. The van der Waals surface area contributed by atoms with Crippen molar-refractivity contribution in [3.8, 4) is 0 Å². The molecule has 2 fully saturated rings. The van der Waals surface area contributed by atoms with Crippen molar-refractivity contribution in [3.05, 3.63) is 91.0 Å². The molecular weight excluding hydrogens is 424 g/mol. The maximum absolute atomic E-state index is 13.7. The topological polar surface area (TPSA) is 43.4 Å². The number of benzene rings is 3. The highest BCUT2D eigenvalue weighted by atomic mass is 32.3. The van der Waals surface area contributed by atoms with Gasteiger partial charge in [-0.1, -0.05) is 54.6 Å². The summed E-state index contributed by atoms with van der Waals surface area (Å²) in [7, 11) is -6.22. The first-order chi connectivity index (χ1) is 15.0. The first kappa shape index (κ1) is 20.8. The largest absolute Gasteiger partial charge is 0.277 e. The smallest absolute Gasteiger partial charge is 0.207 e.